The molecule has 2 rings (SSSR count). The number of halogens is 1. The van der Waals surface area contributed by atoms with E-state index in [2.05, 4.69) is 15.9 Å². The van der Waals surface area contributed by atoms with Crippen molar-refractivity contribution in [3.8, 4) is 0 Å². The Bertz CT molecular complexity index is 625. The highest BCUT2D eigenvalue weighted by molar-refractivity contribution is 9.10. The summed E-state index contributed by atoms with van der Waals surface area (Å²) >= 11 is 3.39. The number of aliphatic hydroxyl groups excluding tert-OH is 1. The summed E-state index contributed by atoms with van der Waals surface area (Å²) in [6.45, 7) is 5.22. The third-order valence-electron chi connectivity index (χ3n) is 2.58. The van der Waals surface area contributed by atoms with E-state index >= 15 is 0 Å². The fraction of sp³-hybridized carbons (Fsp3) is 0.357. The van der Waals surface area contributed by atoms with E-state index in [0.29, 0.717) is 5.69 Å². The minimum absolute atomic E-state index is 0.217. The molecule has 0 saturated heterocycles. The highest BCUT2D eigenvalue weighted by Crippen LogP contribution is 2.25. The summed E-state index contributed by atoms with van der Waals surface area (Å²) in [4.78, 5) is 12.2. The summed E-state index contributed by atoms with van der Waals surface area (Å²) in [6.07, 6.45) is -0.478. The van der Waals surface area contributed by atoms with E-state index in [1.165, 1.54) is 4.57 Å². The quantitative estimate of drug-likeness (QED) is 0.870. The van der Waals surface area contributed by atoms with Crippen LogP contribution < -0.4 is 0 Å². The summed E-state index contributed by atoms with van der Waals surface area (Å²) in [7, 11) is 0. The van der Waals surface area contributed by atoms with Crippen molar-refractivity contribution >= 4 is 32.9 Å². The molecule has 102 valence electrons. The van der Waals surface area contributed by atoms with Crippen LogP contribution in [0, 0.1) is 0 Å². The van der Waals surface area contributed by atoms with Crippen LogP contribution in [0.4, 0.5) is 4.79 Å². The van der Waals surface area contributed by atoms with Crippen molar-refractivity contribution in [3.63, 3.8) is 0 Å². The Labute approximate surface area is 120 Å². The van der Waals surface area contributed by atoms with Gasteiger partial charge in [0.15, 0.2) is 0 Å². The highest BCUT2D eigenvalue weighted by Gasteiger charge is 2.21. The number of hydrogen-bond acceptors (Lipinski definition) is 3. The maximum atomic E-state index is 12.2. The molecule has 1 N–H and O–H groups in total. The summed E-state index contributed by atoms with van der Waals surface area (Å²) in [6, 6.07) is 7.35. The standard InChI is InChI=1S/C14H16BrNO3/c1-14(2,3)19-13(18)16-11(8-17)7-9-6-10(15)4-5-12(9)16/h4-7,17H,8H2,1-3H3. The molecule has 4 nitrogen and oxygen atoms in total. The Kier molecular flexibility index (Phi) is 3.69. The molecule has 0 spiro atoms. The SMILES string of the molecule is CC(C)(C)OC(=O)n1c(CO)cc2cc(Br)ccc21. The second-order valence-electron chi connectivity index (χ2n) is 5.31. The van der Waals surface area contributed by atoms with Crippen molar-refractivity contribution in [2.45, 2.75) is 33.0 Å². The first-order chi connectivity index (χ1) is 8.81. The average molecular weight is 326 g/mol. The zero-order chi connectivity index (χ0) is 14.2. The number of aliphatic hydroxyl groups is 1. The zero-order valence-electron chi connectivity index (χ0n) is 11.1. The average Bonchev–Trinajstić information content (AvgIpc) is 2.63. The number of ether oxygens (including phenoxy) is 1. The lowest BCUT2D eigenvalue weighted by atomic mass is 10.2. The number of carbonyl (C=O) groups is 1. The number of carbonyl (C=O) groups excluding carboxylic acids is 1. The Morgan fingerprint density at radius 3 is 2.63 bits per heavy atom. The molecule has 2 aromatic rings. The molecule has 1 aromatic heterocycles. The molecule has 0 aliphatic heterocycles. The molecule has 0 bridgehead atoms. The van der Waals surface area contributed by atoms with Crippen LogP contribution in [0.15, 0.2) is 28.7 Å². The Balaban J connectivity index is 2.54. The fourth-order valence-corrected chi connectivity index (χ4v) is 2.26. The van der Waals surface area contributed by atoms with Gasteiger partial charge in [-0.3, -0.25) is 0 Å². The number of rotatable bonds is 1. The molecule has 0 radical (unpaired) electrons. The van der Waals surface area contributed by atoms with Crippen molar-refractivity contribution in [2.24, 2.45) is 0 Å². The molecular formula is C14H16BrNO3. The minimum Gasteiger partial charge on any atom is -0.443 e. The van der Waals surface area contributed by atoms with Gasteiger partial charge in [-0.15, -0.1) is 0 Å². The molecule has 0 amide bonds. The fourth-order valence-electron chi connectivity index (χ4n) is 1.88. The van der Waals surface area contributed by atoms with E-state index in [1.807, 2.05) is 39.0 Å². The van der Waals surface area contributed by atoms with Crippen molar-refractivity contribution in [3.05, 3.63) is 34.4 Å². The maximum absolute atomic E-state index is 12.2. The number of nitrogens with zero attached hydrogens (tertiary/aromatic N) is 1. The van der Waals surface area contributed by atoms with Crippen molar-refractivity contribution < 1.29 is 14.6 Å². The van der Waals surface area contributed by atoms with Gasteiger partial charge in [0, 0.05) is 9.86 Å². The van der Waals surface area contributed by atoms with E-state index in [1.54, 1.807) is 6.07 Å². The van der Waals surface area contributed by atoms with Gasteiger partial charge >= 0.3 is 6.09 Å². The van der Waals surface area contributed by atoms with Crippen LogP contribution in [-0.2, 0) is 11.3 Å². The normalized spacial score (nSPS) is 11.8. The van der Waals surface area contributed by atoms with E-state index in [0.717, 1.165) is 15.4 Å². The predicted molar refractivity (Wildman–Crippen MR) is 77.2 cm³/mol. The van der Waals surface area contributed by atoms with E-state index < -0.39 is 11.7 Å². The second-order valence-corrected chi connectivity index (χ2v) is 6.23. The molecule has 0 aliphatic rings. The molecule has 5 heteroatoms. The van der Waals surface area contributed by atoms with Gasteiger partial charge in [-0.05, 0) is 45.0 Å². The molecule has 0 unspecified atom stereocenters. The van der Waals surface area contributed by atoms with Crippen molar-refractivity contribution in [2.75, 3.05) is 0 Å². The Morgan fingerprint density at radius 1 is 1.37 bits per heavy atom. The first kappa shape index (κ1) is 14.1. The summed E-state index contributed by atoms with van der Waals surface area (Å²) in [5, 5.41) is 10.3. The predicted octanol–water partition coefficient (Wildman–Crippen LogP) is 3.68. The highest BCUT2D eigenvalue weighted by atomic mass is 79.9. The van der Waals surface area contributed by atoms with Gasteiger partial charge in [-0.1, -0.05) is 15.9 Å². The van der Waals surface area contributed by atoms with Crippen LogP contribution in [0.25, 0.3) is 10.9 Å². The summed E-state index contributed by atoms with van der Waals surface area (Å²) in [5.74, 6) is 0. The number of hydrogen-bond donors (Lipinski definition) is 1. The molecule has 0 fully saturated rings. The van der Waals surface area contributed by atoms with Crippen LogP contribution in [-0.4, -0.2) is 21.4 Å². The monoisotopic (exact) mass is 325 g/mol. The van der Waals surface area contributed by atoms with Crippen molar-refractivity contribution in [1.82, 2.24) is 4.57 Å². The topological polar surface area (TPSA) is 51.5 Å². The van der Waals surface area contributed by atoms with Crippen LogP contribution in [0.5, 0.6) is 0 Å². The van der Waals surface area contributed by atoms with Crippen LogP contribution in [0.1, 0.15) is 26.5 Å². The van der Waals surface area contributed by atoms with E-state index in [-0.39, 0.29) is 6.61 Å². The van der Waals surface area contributed by atoms with E-state index in [4.69, 9.17) is 4.74 Å². The third-order valence-corrected chi connectivity index (χ3v) is 3.07. The molecule has 1 heterocycles. The Hall–Kier alpha value is -1.33. The Morgan fingerprint density at radius 2 is 2.05 bits per heavy atom. The molecule has 1 aromatic carbocycles. The molecule has 0 saturated carbocycles. The van der Waals surface area contributed by atoms with Gasteiger partial charge in [-0.2, -0.15) is 0 Å². The summed E-state index contributed by atoms with van der Waals surface area (Å²) < 4.78 is 7.70. The number of fused-ring (bicyclic) bond motifs is 1. The molecule has 19 heavy (non-hydrogen) atoms. The minimum atomic E-state index is -0.574. The van der Waals surface area contributed by atoms with Gasteiger partial charge in [0.25, 0.3) is 0 Å². The maximum Gasteiger partial charge on any atom is 0.419 e. The lowest BCUT2D eigenvalue weighted by molar-refractivity contribution is 0.0533. The van der Waals surface area contributed by atoms with Gasteiger partial charge in [0.1, 0.15) is 5.60 Å². The number of benzene rings is 1. The zero-order valence-corrected chi connectivity index (χ0v) is 12.7. The van der Waals surface area contributed by atoms with Gasteiger partial charge in [0.05, 0.1) is 17.8 Å². The van der Waals surface area contributed by atoms with Gasteiger partial charge in [-0.25, -0.2) is 9.36 Å². The molecule has 0 aliphatic carbocycles. The van der Waals surface area contributed by atoms with Gasteiger partial charge in [0.2, 0.25) is 0 Å². The first-order valence-corrected chi connectivity index (χ1v) is 6.75. The lowest BCUT2D eigenvalue weighted by Gasteiger charge is -2.20. The largest absolute Gasteiger partial charge is 0.443 e. The van der Waals surface area contributed by atoms with Crippen LogP contribution in [0.3, 0.4) is 0 Å². The number of aromatic nitrogens is 1. The van der Waals surface area contributed by atoms with E-state index in [9.17, 15) is 9.90 Å². The lowest BCUT2D eigenvalue weighted by Crippen LogP contribution is -2.28. The van der Waals surface area contributed by atoms with Crippen LogP contribution >= 0.6 is 15.9 Å². The summed E-state index contributed by atoms with van der Waals surface area (Å²) in [5.41, 5.74) is 0.666. The first-order valence-electron chi connectivity index (χ1n) is 5.96. The van der Waals surface area contributed by atoms with Crippen molar-refractivity contribution in [1.29, 1.82) is 0 Å². The molecular weight excluding hydrogens is 310 g/mol. The van der Waals surface area contributed by atoms with Gasteiger partial charge < -0.3 is 9.84 Å². The smallest absolute Gasteiger partial charge is 0.419 e. The second kappa shape index (κ2) is 4.98. The third kappa shape index (κ3) is 2.98. The molecule has 0 atom stereocenters. The van der Waals surface area contributed by atoms with Crippen LogP contribution in [0.2, 0.25) is 0 Å².